The highest BCUT2D eigenvalue weighted by Gasteiger charge is 2.33. The van der Waals surface area contributed by atoms with Gasteiger partial charge in [0.25, 0.3) is 0 Å². The fourth-order valence-corrected chi connectivity index (χ4v) is 4.08. The van der Waals surface area contributed by atoms with E-state index < -0.39 is 17.5 Å². The molecule has 2 aromatic rings. The van der Waals surface area contributed by atoms with Gasteiger partial charge < -0.3 is 20.1 Å². The molecule has 0 bridgehead atoms. The van der Waals surface area contributed by atoms with E-state index in [1.165, 1.54) is 4.90 Å². The normalized spacial score (nSPS) is 12.6. The van der Waals surface area contributed by atoms with Crippen molar-refractivity contribution in [2.45, 2.75) is 33.1 Å². The Kier molecular flexibility index (Phi) is 7.18. The van der Waals surface area contributed by atoms with Crippen LogP contribution in [0.3, 0.4) is 0 Å². The summed E-state index contributed by atoms with van der Waals surface area (Å²) in [5.74, 6) is -1.19. The van der Waals surface area contributed by atoms with Crippen molar-refractivity contribution in [3.05, 3.63) is 59.7 Å². The quantitative estimate of drug-likeness (QED) is 0.620. The molecule has 0 radical (unpaired) electrons. The van der Waals surface area contributed by atoms with Crippen LogP contribution in [-0.4, -0.2) is 54.2 Å². The van der Waals surface area contributed by atoms with Crippen molar-refractivity contribution in [3.8, 4) is 11.1 Å². The Morgan fingerprint density at radius 1 is 1.03 bits per heavy atom. The van der Waals surface area contributed by atoms with E-state index in [-0.39, 0.29) is 37.9 Å². The van der Waals surface area contributed by atoms with Gasteiger partial charge in [0, 0.05) is 25.6 Å². The molecule has 0 aromatic heterocycles. The number of ether oxygens (including phenoxy) is 1. The molecule has 32 heavy (non-hydrogen) atoms. The number of carboxylic acids is 1. The Balaban J connectivity index is 1.57. The molecule has 0 heterocycles. The molecular weight excluding hydrogens is 408 g/mol. The van der Waals surface area contributed by atoms with E-state index >= 15 is 0 Å². The minimum Gasteiger partial charge on any atom is -0.481 e. The predicted molar refractivity (Wildman–Crippen MR) is 121 cm³/mol. The Morgan fingerprint density at radius 2 is 1.59 bits per heavy atom. The molecular formula is C25H30N2O5. The molecule has 0 aliphatic heterocycles. The molecule has 7 heteroatoms. The number of carbonyl (C=O) groups excluding carboxylic acids is 2. The van der Waals surface area contributed by atoms with Gasteiger partial charge in [0.15, 0.2) is 0 Å². The van der Waals surface area contributed by atoms with Crippen molar-refractivity contribution < 1.29 is 24.2 Å². The van der Waals surface area contributed by atoms with Gasteiger partial charge in [-0.2, -0.15) is 0 Å². The largest absolute Gasteiger partial charge is 0.481 e. The van der Waals surface area contributed by atoms with Crippen LogP contribution in [0.25, 0.3) is 11.1 Å². The number of nitrogens with one attached hydrogen (secondary N) is 1. The fourth-order valence-electron chi connectivity index (χ4n) is 4.08. The molecule has 1 aliphatic rings. The van der Waals surface area contributed by atoms with E-state index in [9.17, 15) is 14.4 Å². The Hall–Kier alpha value is -3.35. The van der Waals surface area contributed by atoms with Gasteiger partial charge in [-0.25, -0.2) is 4.79 Å². The number of fused-ring (bicyclic) bond motifs is 3. The molecule has 0 unspecified atom stereocenters. The molecule has 2 amide bonds. The maximum Gasteiger partial charge on any atom is 0.407 e. The lowest BCUT2D eigenvalue weighted by Crippen LogP contribution is -2.47. The lowest BCUT2D eigenvalue weighted by molar-refractivity contribution is -0.142. The van der Waals surface area contributed by atoms with Crippen LogP contribution in [-0.2, 0) is 14.3 Å². The molecule has 0 saturated heterocycles. The Labute approximate surface area is 188 Å². The topological polar surface area (TPSA) is 95.9 Å². The van der Waals surface area contributed by atoms with Crippen LogP contribution < -0.4 is 5.32 Å². The van der Waals surface area contributed by atoms with Gasteiger partial charge in [-0.3, -0.25) is 9.59 Å². The molecule has 0 fully saturated rings. The summed E-state index contributed by atoms with van der Waals surface area (Å²) >= 11 is 0. The minimum absolute atomic E-state index is 0.0330. The summed E-state index contributed by atoms with van der Waals surface area (Å²) in [5.41, 5.74) is 3.69. The second kappa shape index (κ2) is 9.85. The van der Waals surface area contributed by atoms with Crippen LogP contribution in [0.2, 0.25) is 0 Å². The Morgan fingerprint density at radius 3 is 2.12 bits per heavy atom. The van der Waals surface area contributed by atoms with E-state index in [4.69, 9.17) is 9.84 Å². The summed E-state index contributed by atoms with van der Waals surface area (Å²) in [4.78, 5) is 37.5. The van der Waals surface area contributed by atoms with Crippen LogP contribution in [0.5, 0.6) is 0 Å². The van der Waals surface area contributed by atoms with Gasteiger partial charge in [-0.05, 0) is 43.0 Å². The lowest BCUT2D eigenvalue weighted by Gasteiger charge is -2.31. The first-order valence-corrected chi connectivity index (χ1v) is 10.8. The lowest BCUT2D eigenvalue weighted by atomic mass is 9.91. The van der Waals surface area contributed by atoms with E-state index in [0.717, 1.165) is 22.3 Å². The maximum absolute atomic E-state index is 12.8. The highest BCUT2D eigenvalue weighted by molar-refractivity contribution is 5.83. The van der Waals surface area contributed by atoms with Gasteiger partial charge in [-0.15, -0.1) is 0 Å². The number of hydrogen-bond acceptors (Lipinski definition) is 4. The van der Waals surface area contributed by atoms with E-state index in [1.807, 2.05) is 24.3 Å². The monoisotopic (exact) mass is 438 g/mol. The molecule has 2 aromatic carbocycles. The molecule has 170 valence electrons. The van der Waals surface area contributed by atoms with E-state index in [2.05, 4.69) is 29.6 Å². The van der Waals surface area contributed by atoms with Crippen molar-refractivity contribution in [3.63, 3.8) is 0 Å². The molecule has 3 rings (SSSR count). The van der Waals surface area contributed by atoms with Gasteiger partial charge in [-0.1, -0.05) is 48.5 Å². The number of carbonyl (C=O) groups is 3. The predicted octanol–water partition coefficient (Wildman–Crippen LogP) is 3.87. The molecule has 0 spiro atoms. The maximum atomic E-state index is 12.8. The standard InChI is InChI=1S/C25H30N2O5/c1-4-27(14-13-22(28)29)23(30)25(2,3)16-26-24(31)32-15-21-19-11-7-5-9-17(19)18-10-6-8-12-20(18)21/h5-12,21H,4,13-16H2,1-3H3,(H,26,31)(H,28,29). The van der Waals surface area contributed by atoms with Crippen molar-refractivity contribution in [1.29, 1.82) is 0 Å². The molecule has 1 aliphatic carbocycles. The zero-order valence-corrected chi connectivity index (χ0v) is 18.8. The minimum atomic E-state index is -0.953. The first kappa shape index (κ1) is 23.3. The second-order valence-electron chi connectivity index (χ2n) is 8.59. The van der Waals surface area contributed by atoms with Gasteiger partial charge in [0.2, 0.25) is 5.91 Å². The third-order valence-corrected chi connectivity index (χ3v) is 5.86. The van der Waals surface area contributed by atoms with Crippen molar-refractivity contribution in [2.75, 3.05) is 26.2 Å². The van der Waals surface area contributed by atoms with Crippen LogP contribution in [0, 0.1) is 5.41 Å². The highest BCUT2D eigenvalue weighted by Crippen LogP contribution is 2.44. The summed E-state index contributed by atoms with van der Waals surface area (Å²) in [7, 11) is 0. The number of hydrogen-bond donors (Lipinski definition) is 2. The SMILES string of the molecule is CCN(CCC(=O)O)C(=O)C(C)(C)CNC(=O)OCC1c2ccccc2-c2ccccc21. The summed E-state index contributed by atoms with van der Waals surface area (Å²) in [5, 5.41) is 11.6. The smallest absolute Gasteiger partial charge is 0.407 e. The van der Waals surface area contributed by atoms with Crippen molar-refractivity contribution in [1.82, 2.24) is 10.2 Å². The first-order valence-electron chi connectivity index (χ1n) is 10.8. The molecule has 0 saturated carbocycles. The number of benzene rings is 2. The third kappa shape index (κ3) is 5.10. The summed E-state index contributed by atoms with van der Waals surface area (Å²) in [6.07, 6.45) is -0.698. The average molecular weight is 439 g/mol. The number of alkyl carbamates (subject to hydrolysis) is 1. The first-order chi connectivity index (χ1) is 15.2. The zero-order valence-electron chi connectivity index (χ0n) is 18.8. The molecule has 2 N–H and O–H groups in total. The van der Waals surface area contributed by atoms with Crippen molar-refractivity contribution in [2.24, 2.45) is 5.41 Å². The molecule has 7 nitrogen and oxygen atoms in total. The summed E-state index contributed by atoms with van der Waals surface area (Å²) in [6, 6.07) is 16.2. The highest BCUT2D eigenvalue weighted by atomic mass is 16.5. The zero-order chi connectivity index (χ0) is 23.3. The number of rotatable bonds is 9. The van der Waals surface area contributed by atoms with Crippen LogP contribution in [0.15, 0.2) is 48.5 Å². The van der Waals surface area contributed by atoms with Crippen LogP contribution in [0.4, 0.5) is 4.79 Å². The van der Waals surface area contributed by atoms with E-state index in [0.29, 0.717) is 6.54 Å². The average Bonchev–Trinajstić information content (AvgIpc) is 3.10. The molecule has 0 atom stereocenters. The number of carboxylic acid groups (broad SMARTS) is 1. The number of amides is 2. The fraction of sp³-hybridized carbons (Fsp3) is 0.400. The Bertz CT molecular complexity index is 956. The van der Waals surface area contributed by atoms with Gasteiger partial charge in [0.1, 0.15) is 6.61 Å². The van der Waals surface area contributed by atoms with Gasteiger partial charge >= 0.3 is 12.1 Å². The summed E-state index contributed by atoms with van der Waals surface area (Å²) < 4.78 is 5.53. The second-order valence-corrected chi connectivity index (χ2v) is 8.59. The number of nitrogens with zero attached hydrogens (tertiary/aromatic N) is 1. The van der Waals surface area contributed by atoms with E-state index in [1.54, 1.807) is 20.8 Å². The van der Waals surface area contributed by atoms with Crippen LogP contribution in [0.1, 0.15) is 44.2 Å². The van der Waals surface area contributed by atoms with Crippen molar-refractivity contribution >= 4 is 18.0 Å². The van der Waals surface area contributed by atoms with Gasteiger partial charge in [0.05, 0.1) is 11.8 Å². The third-order valence-electron chi connectivity index (χ3n) is 5.86. The number of aliphatic carboxylic acids is 1. The summed E-state index contributed by atoms with van der Waals surface area (Å²) in [6.45, 7) is 6.08. The van der Waals surface area contributed by atoms with Crippen LogP contribution >= 0.6 is 0 Å².